The molecule has 2 fully saturated rings. The van der Waals surface area contributed by atoms with Crippen LogP contribution < -0.4 is 15.5 Å². The minimum atomic E-state index is 0.576. The van der Waals surface area contributed by atoms with Crippen molar-refractivity contribution in [3.8, 4) is 0 Å². The molecule has 1 aliphatic heterocycles. The number of thiocarbonyl (C=S) groups is 1. The van der Waals surface area contributed by atoms with Gasteiger partial charge in [-0.1, -0.05) is 43.5 Å². The van der Waals surface area contributed by atoms with E-state index in [1.807, 2.05) is 0 Å². The van der Waals surface area contributed by atoms with E-state index in [0.29, 0.717) is 6.04 Å². The topological polar surface area (TPSA) is 28.5 Å². The molecule has 3 nitrogen and oxygen atoms in total. The fourth-order valence-corrected chi connectivity index (χ4v) is 4.30. The van der Waals surface area contributed by atoms with Crippen LogP contribution in [0.25, 0.3) is 0 Å². The molecule has 132 valence electrons. The van der Waals surface area contributed by atoms with Crippen LogP contribution >= 0.6 is 12.2 Å². The summed E-state index contributed by atoms with van der Waals surface area (Å²) in [6.45, 7) is 4.63. The number of quaternary nitrogens is 1. The van der Waals surface area contributed by atoms with Crippen LogP contribution in [0.5, 0.6) is 0 Å². The molecule has 1 saturated heterocycles. The number of hydrogen-bond acceptors (Lipinski definition) is 1. The summed E-state index contributed by atoms with van der Waals surface area (Å²) < 4.78 is 0. The Morgan fingerprint density at radius 3 is 2.38 bits per heavy atom. The van der Waals surface area contributed by atoms with Crippen molar-refractivity contribution in [3.63, 3.8) is 0 Å². The highest BCUT2D eigenvalue weighted by atomic mass is 32.1. The molecular formula is C20H32N3S+. The highest BCUT2D eigenvalue weighted by molar-refractivity contribution is 7.80. The normalized spacial score (nSPS) is 19.8. The smallest absolute Gasteiger partial charge is 0.166 e. The van der Waals surface area contributed by atoms with E-state index in [-0.39, 0.29) is 0 Å². The highest BCUT2D eigenvalue weighted by Gasteiger charge is 2.16. The van der Waals surface area contributed by atoms with Crippen LogP contribution in [0.3, 0.4) is 0 Å². The third-order valence-electron chi connectivity index (χ3n) is 5.50. The molecule has 24 heavy (non-hydrogen) atoms. The van der Waals surface area contributed by atoms with Crippen molar-refractivity contribution in [2.45, 2.75) is 70.5 Å². The number of likely N-dealkylation sites (tertiary alicyclic amines) is 1. The molecule has 1 heterocycles. The van der Waals surface area contributed by atoms with Crippen molar-refractivity contribution in [3.05, 3.63) is 35.4 Å². The van der Waals surface area contributed by atoms with Gasteiger partial charge in [0.15, 0.2) is 5.11 Å². The lowest BCUT2D eigenvalue weighted by molar-refractivity contribution is -0.918. The van der Waals surface area contributed by atoms with Crippen LogP contribution in [0.4, 0.5) is 0 Å². The van der Waals surface area contributed by atoms with Gasteiger partial charge in [-0.05, 0) is 49.9 Å². The van der Waals surface area contributed by atoms with Crippen LogP contribution in [0.2, 0.25) is 0 Å². The SMILES string of the molecule is S=C(NCc1ccccc1C[NH+]1CCCCC1)NC1CCCCC1. The van der Waals surface area contributed by atoms with Crippen molar-refractivity contribution < 1.29 is 4.90 Å². The van der Waals surface area contributed by atoms with Crippen LogP contribution in [-0.2, 0) is 13.1 Å². The molecular weight excluding hydrogens is 314 g/mol. The predicted molar refractivity (Wildman–Crippen MR) is 104 cm³/mol. The lowest BCUT2D eigenvalue weighted by atomic mass is 9.96. The molecule has 3 rings (SSSR count). The van der Waals surface area contributed by atoms with E-state index >= 15 is 0 Å². The summed E-state index contributed by atoms with van der Waals surface area (Å²) in [6.07, 6.45) is 10.7. The molecule has 0 bridgehead atoms. The fraction of sp³-hybridized carbons (Fsp3) is 0.650. The molecule has 0 atom stereocenters. The molecule has 0 spiro atoms. The Labute approximate surface area is 152 Å². The van der Waals surface area contributed by atoms with Crippen LogP contribution in [0.15, 0.2) is 24.3 Å². The third kappa shape index (κ3) is 5.45. The largest absolute Gasteiger partial charge is 0.360 e. The first kappa shape index (κ1) is 17.7. The van der Waals surface area contributed by atoms with Crippen LogP contribution in [-0.4, -0.2) is 24.2 Å². The van der Waals surface area contributed by atoms with Gasteiger partial charge in [-0.3, -0.25) is 0 Å². The first-order valence-electron chi connectivity index (χ1n) is 9.76. The second-order valence-electron chi connectivity index (χ2n) is 7.42. The number of piperidine rings is 1. The predicted octanol–water partition coefficient (Wildman–Crippen LogP) is 2.55. The molecule has 0 aromatic heterocycles. The molecule has 1 saturated carbocycles. The lowest BCUT2D eigenvalue weighted by Gasteiger charge is -2.25. The van der Waals surface area contributed by atoms with Gasteiger partial charge in [0, 0.05) is 18.2 Å². The molecule has 1 aromatic rings. The Morgan fingerprint density at radius 2 is 1.62 bits per heavy atom. The van der Waals surface area contributed by atoms with Gasteiger partial charge >= 0.3 is 0 Å². The van der Waals surface area contributed by atoms with E-state index in [1.54, 1.807) is 4.90 Å². The lowest BCUT2D eigenvalue weighted by Crippen LogP contribution is -3.11. The van der Waals surface area contributed by atoms with Gasteiger partial charge in [0.1, 0.15) is 6.54 Å². The molecule has 1 aromatic carbocycles. The maximum atomic E-state index is 5.51. The summed E-state index contributed by atoms with van der Waals surface area (Å²) in [5.41, 5.74) is 2.87. The summed E-state index contributed by atoms with van der Waals surface area (Å²) in [4.78, 5) is 1.73. The summed E-state index contributed by atoms with van der Waals surface area (Å²) in [7, 11) is 0. The Balaban J connectivity index is 1.49. The third-order valence-corrected chi connectivity index (χ3v) is 5.76. The Kier molecular flexibility index (Phi) is 6.91. The number of hydrogen-bond donors (Lipinski definition) is 3. The van der Waals surface area contributed by atoms with Gasteiger partial charge < -0.3 is 15.5 Å². The van der Waals surface area contributed by atoms with E-state index < -0.39 is 0 Å². The molecule has 1 aliphatic carbocycles. The van der Waals surface area contributed by atoms with Gasteiger partial charge in [-0.2, -0.15) is 0 Å². The zero-order chi connectivity index (χ0) is 16.6. The van der Waals surface area contributed by atoms with Crippen LogP contribution in [0.1, 0.15) is 62.5 Å². The van der Waals surface area contributed by atoms with E-state index in [2.05, 4.69) is 34.9 Å². The Morgan fingerprint density at radius 1 is 0.958 bits per heavy atom. The first-order chi connectivity index (χ1) is 11.8. The van der Waals surface area contributed by atoms with Crippen LogP contribution in [0, 0.1) is 0 Å². The molecule has 2 aliphatic rings. The summed E-state index contributed by atoms with van der Waals surface area (Å²) >= 11 is 5.51. The van der Waals surface area contributed by atoms with E-state index in [0.717, 1.165) is 18.2 Å². The van der Waals surface area contributed by atoms with Crippen molar-refractivity contribution in [1.82, 2.24) is 10.6 Å². The second-order valence-corrected chi connectivity index (χ2v) is 7.83. The standard InChI is InChI=1S/C20H31N3S/c24-20(22-19-11-3-1-4-12-19)21-15-17-9-5-6-10-18(17)16-23-13-7-2-8-14-23/h5-6,9-10,19H,1-4,7-8,11-16H2,(H2,21,22,24)/p+1. The second kappa shape index (κ2) is 9.38. The number of rotatable bonds is 5. The van der Waals surface area contributed by atoms with Gasteiger partial charge in [-0.15, -0.1) is 0 Å². The molecule has 0 unspecified atom stereocenters. The van der Waals surface area contributed by atoms with E-state index in [9.17, 15) is 0 Å². The molecule has 4 heteroatoms. The summed E-state index contributed by atoms with van der Waals surface area (Å²) in [5, 5.41) is 7.76. The summed E-state index contributed by atoms with van der Waals surface area (Å²) in [5.74, 6) is 0. The monoisotopic (exact) mass is 346 g/mol. The first-order valence-corrected chi connectivity index (χ1v) is 10.2. The van der Waals surface area contributed by atoms with E-state index in [4.69, 9.17) is 12.2 Å². The average Bonchev–Trinajstić information content (AvgIpc) is 2.63. The number of nitrogens with one attached hydrogen (secondary N) is 3. The van der Waals surface area contributed by atoms with Crippen molar-refractivity contribution in [2.75, 3.05) is 13.1 Å². The zero-order valence-corrected chi connectivity index (χ0v) is 15.6. The van der Waals surface area contributed by atoms with Crippen molar-refractivity contribution in [2.24, 2.45) is 0 Å². The minimum Gasteiger partial charge on any atom is -0.360 e. The Hall–Kier alpha value is -1.13. The van der Waals surface area contributed by atoms with E-state index in [1.165, 1.54) is 75.6 Å². The maximum Gasteiger partial charge on any atom is 0.166 e. The minimum absolute atomic E-state index is 0.576. The van der Waals surface area contributed by atoms with Crippen molar-refractivity contribution >= 4 is 17.3 Å². The van der Waals surface area contributed by atoms with Gasteiger partial charge in [-0.25, -0.2) is 0 Å². The van der Waals surface area contributed by atoms with Gasteiger partial charge in [0.2, 0.25) is 0 Å². The average molecular weight is 347 g/mol. The molecule has 0 radical (unpaired) electrons. The summed E-state index contributed by atoms with van der Waals surface area (Å²) in [6, 6.07) is 9.42. The number of benzene rings is 1. The Bertz CT molecular complexity index is 519. The van der Waals surface area contributed by atoms with Gasteiger partial charge in [0.05, 0.1) is 13.1 Å². The highest BCUT2D eigenvalue weighted by Crippen LogP contribution is 2.17. The zero-order valence-electron chi connectivity index (χ0n) is 14.8. The molecule has 0 amide bonds. The van der Waals surface area contributed by atoms with Crippen molar-refractivity contribution in [1.29, 1.82) is 0 Å². The molecule has 3 N–H and O–H groups in total. The fourth-order valence-electron chi connectivity index (χ4n) is 4.06. The maximum absolute atomic E-state index is 5.51. The van der Waals surface area contributed by atoms with Gasteiger partial charge in [0.25, 0.3) is 0 Å². The quantitative estimate of drug-likeness (QED) is 0.716.